The highest BCUT2D eigenvalue weighted by Gasteiger charge is 2.25. The Morgan fingerprint density at radius 1 is 1.11 bits per heavy atom. The number of amides is 2. The third-order valence-electron chi connectivity index (χ3n) is 4.87. The summed E-state index contributed by atoms with van der Waals surface area (Å²) in [5.41, 5.74) is 3.36. The second-order valence-electron chi connectivity index (χ2n) is 7.19. The lowest BCUT2D eigenvalue weighted by Gasteiger charge is -2.31. The molecular formula is C22H22N2O3. The van der Waals surface area contributed by atoms with E-state index in [-0.39, 0.29) is 23.5 Å². The van der Waals surface area contributed by atoms with E-state index in [4.69, 9.17) is 4.42 Å². The minimum Gasteiger partial charge on any atom is -0.451 e. The normalized spacial score (nSPS) is 13.7. The number of rotatable bonds is 3. The number of benzene rings is 2. The molecule has 0 unspecified atom stereocenters. The maximum atomic E-state index is 12.6. The van der Waals surface area contributed by atoms with Crippen LogP contribution in [0.15, 0.2) is 52.9 Å². The number of anilines is 2. The number of nitrogens with one attached hydrogen (secondary N) is 1. The molecule has 2 aromatic carbocycles. The van der Waals surface area contributed by atoms with E-state index in [0.29, 0.717) is 17.8 Å². The van der Waals surface area contributed by atoms with Gasteiger partial charge in [-0.1, -0.05) is 38.1 Å². The van der Waals surface area contributed by atoms with Gasteiger partial charge in [-0.2, -0.15) is 0 Å². The fourth-order valence-corrected chi connectivity index (χ4v) is 3.48. The minimum absolute atomic E-state index is 0.0651. The summed E-state index contributed by atoms with van der Waals surface area (Å²) in [6, 6.07) is 15.0. The molecular weight excluding hydrogens is 340 g/mol. The lowest BCUT2D eigenvalue weighted by atomic mass is 9.99. The molecule has 0 saturated carbocycles. The van der Waals surface area contributed by atoms with Crippen LogP contribution in [0.1, 0.15) is 36.4 Å². The van der Waals surface area contributed by atoms with Gasteiger partial charge in [-0.05, 0) is 42.7 Å². The molecule has 27 heavy (non-hydrogen) atoms. The van der Waals surface area contributed by atoms with Crippen LogP contribution in [-0.4, -0.2) is 18.4 Å². The van der Waals surface area contributed by atoms with Gasteiger partial charge in [0.15, 0.2) is 5.76 Å². The predicted octanol–water partition coefficient (Wildman–Crippen LogP) is 4.62. The molecule has 2 amide bonds. The molecule has 0 aliphatic carbocycles. The topological polar surface area (TPSA) is 62.6 Å². The summed E-state index contributed by atoms with van der Waals surface area (Å²) in [5.74, 6) is 0.00851. The molecule has 0 radical (unpaired) electrons. The SMILES string of the molecule is CC(C)C(=O)N1CCCc2ccc(NC(=O)c3cc4ccccc4o3)cc21. The van der Waals surface area contributed by atoms with E-state index in [2.05, 4.69) is 5.32 Å². The van der Waals surface area contributed by atoms with E-state index in [1.54, 1.807) is 6.07 Å². The van der Waals surface area contributed by atoms with E-state index in [9.17, 15) is 9.59 Å². The predicted molar refractivity (Wildman–Crippen MR) is 106 cm³/mol. The van der Waals surface area contributed by atoms with E-state index in [1.165, 1.54) is 0 Å². The van der Waals surface area contributed by atoms with Crippen LogP contribution in [0.4, 0.5) is 11.4 Å². The Bertz CT molecular complexity index is 986. The molecule has 0 spiro atoms. The van der Waals surface area contributed by atoms with Crippen molar-refractivity contribution in [3.05, 3.63) is 59.9 Å². The van der Waals surface area contributed by atoms with Crippen LogP contribution < -0.4 is 10.2 Å². The van der Waals surface area contributed by atoms with Crippen LogP contribution in [0.5, 0.6) is 0 Å². The van der Waals surface area contributed by atoms with Gasteiger partial charge in [-0.15, -0.1) is 0 Å². The van der Waals surface area contributed by atoms with Crippen LogP contribution in [0.25, 0.3) is 11.0 Å². The number of carbonyl (C=O) groups is 2. The second kappa shape index (κ2) is 6.91. The summed E-state index contributed by atoms with van der Waals surface area (Å²) in [6.45, 7) is 4.53. The molecule has 0 fully saturated rings. The van der Waals surface area contributed by atoms with Crippen molar-refractivity contribution in [3.8, 4) is 0 Å². The summed E-state index contributed by atoms with van der Waals surface area (Å²) in [7, 11) is 0. The van der Waals surface area contributed by atoms with Gasteiger partial charge in [0.1, 0.15) is 5.58 Å². The fraction of sp³-hybridized carbons (Fsp3) is 0.273. The number of hydrogen-bond donors (Lipinski definition) is 1. The first-order chi connectivity index (χ1) is 13.0. The minimum atomic E-state index is -0.302. The van der Waals surface area contributed by atoms with E-state index >= 15 is 0 Å². The third kappa shape index (κ3) is 3.33. The molecule has 0 saturated heterocycles. The maximum Gasteiger partial charge on any atom is 0.291 e. The van der Waals surface area contributed by atoms with Crippen molar-refractivity contribution in [2.45, 2.75) is 26.7 Å². The van der Waals surface area contributed by atoms with Gasteiger partial charge in [-0.3, -0.25) is 9.59 Å². The van der Waals surface area contributed by atoms with Gasteiger partial charge >= 0.3 is 0 Å². The standard InChI is InChI=1S/C22H22N2O3/c1-14(2)22(26)24-11-5-7-15-9-10-17(13-18(15)24)23-21(25)20-12-16-6-3-4-8-19(16)27-20/h3-4,6,8-10,12-14H,5,7,11H2,1-2H3,(H,23,25). The molecule has 1 aliphatic heterocycles. The number of aryl methyl sites for hydroxylation is 1. The van der Waals surface area contributed by atoms with Crippen LogP contribution in [0.3, 0.4) is 0 Å². The van der Waals surface area contributed by atoms with Gasteiger partial charge in [0.05, 0.1) is 0 Å². The number of fused-ring (bicyclic) bond motifs is 2. The van der Waals surface area contributed by atoms with Gasteiger partial charge < -0.3 is 14.6 Å². The lowest BCUT2D eigenvalue weighted by molar-refractivity contribution is -0.121. The van der Waals surface area contributed by atoms with Crippen molar-refractivity contribution in [1.82, 2.24) is 0 Å². The van der Waals surface area contributed by atoms with Gasteiger partial charge in [0.2, 0.25) is 5.91 Å². The highest BCUT2D eigenvalue weighted by molar-refractivity contribution is 6.05. The number of hydrogen-bond acceptors (Lipinski definition) is 3. The molecule has 4 rings (SSSR count). The van der Waals surface area contributed by atoms with Crippen LogP contribution >= 0.6 is 0 Å². The molecule has 5 heteroatoms. The highest BCUT2D eigenvalue weighted by Crippen LogP contribution is 2.31. The maximum absolute atomic E-state index is 12.6. The zero-order valence-corrected chi connectivity index (χ0v) is 15.5. The Labute approximate surface area is 158 Å². The summed E-state index contributed by atoms with van der Waals surface area (Å²) in [6.07, 6.45) is 1.89. The Morgan fingerprint density at radius 3 is 2.70 bits per heavy atom. The van der Waals surface area contributed by atoms with Crippen LogP contribution in [0.2, 0.25) is 0 Å². The van der Waals surface area contributed by atoms with Crippen molar-refractivity contribution in [3.63, 3.8) is 0 Å². The Hall–Kier alpha value is -3.08. The first kappa shape index (κ1) is 17.3. The molecule has 1 aromatic heterocycles. The number of furan rings is 1. The lowest BCUT2D eigenvalue weighted by Crippen LogP contribution is -2.38. The van der Waals surface area contributed by atoms with E-state index in [0.717, 1.165) is 29.5 Å². The summed E-state index contributed by atoms with van der Waals surface area (Å²) >= 11 is 0. The zero-order valence-electron chi connectivity index (χ0n) is 15.5. The summed E-state index contributed by atoms with van der Waals surface area (Å²) in [5, 5.41) is 3.78. The molecule has 1 aliphatic rings. The van der Waals surface area contributed by atoms with Gasteiger partial charge in [0.25, 0.3) is 5.91 Å². The van der Waals surface area contributed by atoms with Crippen molar-refractivity contribution >= 4 is 34.2 Å². The molecule has 2 heterocycles. The third-order valence-corrected chi connectivity index (χ3v) is 4.87. The van der Waals surface area contributed by atoms with Crippen molar-refractivity contribution < 1.29 is 14.0 Å². The smallest absolute Gasteiger partial charge is 0.291 e. The van der Waals surface area contributed by atoms with Crippen molar-refractivity contribution in [2.24, 2.45) is 5.92 Å². The first-order valence-corrected chi connectivity index (χ1v) is 9.27. The Balaban J connectivity index is 1.60. The second-order valence-corrected chi connectivity index (χ2v) is 7.19. The summed E-state index contributed by atoms with van der Waals surface area (Å²) < 4.78 is 5.63. The molecule has 138 valence electrons. The highest BCUT2D eigenvalue weighted by atomic mass is 16.3. The van der Waals surface area contributed by atoms with Crippen molar-refractivity contribution in [1.29, 1.82) is 0 Å². The number of nitrogens with zero attached hydrogens (tertiary/aromatic N) is 1. The van der Waals surface area contributed by atoms with Gasteiger partial charge in [-0.25, -0.2) is 0 Å². The number of para-hydroxylation sites is 1. The Kier molecular flexibility index (Phi) is 4.44. The van der Waals surface area contributed by atoms with E-state index < -0.39 is 0 Å². The number of carbonyl (C=O) groups excluding carboxylic acids is 2. The van der Waals surface area contributed by atoms with Crippen molar-refractivity contribution in [2.75, 3.05) is 16.8 Å². The fourth-order valence-electron chi connectivity index (χ4n) is 3.48. The van der Waals surface area contributed by atoms with E-state index in [1.807, 2.05) is 61.2 Å². The monoisotopic (exact) mass is 362 g/mol. The molecule has 5 nitrogen and oxygen atoms in total. The summed E-state index contributed by atoms with van der Waals surface area (Å²) in [4.78, 5) is 27.0. The largest absolute Gasteiger partial charge is 0.451 e. The first-order valence-electron chi connectivity index (χ1n) is 9.27. The van der Waals surface area contributed by atoms with Crippen LogP contribution in [-0.2, 0) is 11.2 Å². The molecule has 0 atom stereocenters. The zero-order chi connectivity index (χ0) is 19.0. The average molecular weight is 362 g/mol. The molecule has 3 aromatic rings. The van der Waals surface area contributed by atoms with Crippen LogP contribution in [0, 0.1) is 5.92 Å². The Morgan fingerprint density at radius 2 is 1.93 bits per heavy atom. The molecule has 1 N–H and O–H groups in total. The van der Waals surface area contributed by atoms with Gasteiger partial charge in [0, 0.05) is 29.2 Å². The quantitative estimate of drug-likeness (QED) is 0.739. The molecule has 0 bridgehead atoms. The average Bonchev–Trinajstić information content (AvgIpc) is 3.11.